The molecule has 0 radical (unpaired) electrons. The van der Waals surface area contributed by atoms with E-state index in [0.29, 0.717) is 5.56 Å². The Bertz CT molecular complexity index is 304. The minimum atomic E-state index is 0.650. The summed E-state index contributed by atoms with van der Waals surface area (Å²) in [6, 6.07) is 5.81. The van der Waals surface area contributed by atoms with Gasteiger partial charge in [0.2, 0.25) is 0 Å². The Morgan fingerprint density at radius 1 is 1.55 bits per heavy atom. The maximum Gasteiger partial charge on any atom is 0.101 e. The predicted octanol–water partition coefficient (Wildman–Crippen LogP) is 2.92. The molecule has 56 valence electrons. The van der Waals surface area contributed by atoms with Crippen molar-refractivity contribution in [2.24, 2.45) is 0 Å². The van der Waals surface area contributed by atoms with Gasteiger partial charge in [-0.3, -0.25) is 0 Å². The van der Waals surface area contributed by atoms with Gasteiger partial charge in [-0.1, -0.05) is 15.9 Å². The summed E-state index contributed by atoms with van der Waals surface area (Å²) in [5.74, 6) is 0. The van der Waals surface area contributed by atoms with Gasteiger partial charge in [-0.15, -0.1) is 12.6 Å². The van der Waals surface area contributed by atoms with Crippen LogP contribution in [0.25, 0.3) is 0 Å². The van der Waals surface area contributed by atoms with Crippen molar-refractivity contribution in [1.29, 1.82) is 5.26 Å². The van der Waals surface area contributed by atoms with Crippen LogP contribution in [0.3, 0.4) is 0 Å². The van der Waals surface area contributed by atoms with Crippen LogP contribution < -0.4 is 0 Å². The number of nitriles is 1. The lowest BCUT2D eigenvalue weighted by Crippen LogP contribution is -1.84. The molecule has 0 aliphatic rings. The predicted molar refractivity (Wildman–Crippen MR) is 50.8 cm³/mol. The normalized spacial score (nSPS) is 9.27. The lowest BCUT2D eigenvalue weighted by atomic mass is 10.1. The molecule has 0 aromatic heterocycles. The number of benzene rings is 1. The zero-order valence-corrected chi connectivity index (χ0v) is 8.41. The Morgan fingerprint density at radius 2 is 2.18 bits per heavy atom. The topological polar surface area (TPSA) is 23.8 Å². The van der Waals surface area contributed by atoms with Gasteiger partial charge in [0.15, 0.2) is 0 Å². The van der Waals surface area contributed by atoms with Gasteiger partial charge < -0.3 is 0 Å². The maximum absolute atomic E-state index is 8.68. The second-order valence-electron chi connectivity index (χ2n) is 2.23. The highest BCUT2D eigenvalue weighted by atomic mass is 79.9. The van der Waals surface area contributed by atoms with Crippen molar-refractivity contribution in [3.63, 3.8) is 0 Å². The zero-order chi connectivity index (χ0) is 8.43. The molecule has 0 unspecified atom stereocenters. The van der Waals surface area contributed by atoms with Crippen molar-refractivity contribution in [1.82, 2.24) is 0 Å². The first-order chi connectivity index (χ1) is 5.15. The molecular weight excluding hydrogens is 222 g/mol. The summed E-state index contributed by atoms with van der Waals surface area (Å²) in [6.45, 7) is 1.89. The molecule has 1 aromatic carbocycles. The first-order valence-corrected chi connectivity index (χ1v) is 4.28. The second-order valence-corrected chi connectivity index (χ2v) is 3.63. The monoisotopic (exact) mass is 227 g/mol. The summed E-state index contributed by atoms with van der Waals surface area (Å²) in [7, 11) is 0. The summed E-state index contributed by atoms with van der Waals surface area (Å²) in [4.78, 5) is 0.722. The average molecular weight is 228 g/mol. The molecule has 0 saturated carbocycles. The van der Waals surface area contributed by atoms with Crippen LogP contribution >= 0.6 is 28.6 Å². The molecule has 3 heteroatoms. The molecule has 0 atom stereocenters. The van der Waals surface area contributed by atoms with Crippen molar-refractivity contribution in [2.75, 3.05) is 0 Å². The Labute approximate surface area is 79.6 Å². The van der Waals surface area contributed by atoms with E-state index in [0.717, 1.165) is 14.9 Å². The van der Waals surface area contributed by atoms with Crippen molar-refractivity contribution in [3.05, 3.63) is 27.7 Å². The van der Waals surface area contributed by atoms with Gasteiger partial charge in [-0.25, -0.2) is 0 Å². The van der Waals surface area contributed by atoms with E-state index in [-0.39, 0.29) is 0 Å². The molecule has 0 fully saturated rings. The fourth-order valence-corrected chi connectivity index (χ4v) is 1.99. The van der Waals surface area contributed by atoms with Crippen molar-refractivity contribution >= 4 is 28.6 Å². The summed E-state index contributed by atoms with van der Waals surface area (Å²) >= 11 is 7.48. The highest BCUT2D eigenvalue weighted by Gasteiger charge is 2.02. The minimum absolute atomic E-state index is 0.650. The number of hydrogen-bond donors (Lipinski definition) is 1. The van der Waals surface area contributed by atoms with Gasteiger partial charge in [0.05, 0.1) is 5.56 Å². The van der Waals surface area contributed by atoms with E-state index in [9.17, 15) is 0 Å². The van der Waals surface area contributed by atoms with Crippen molar-refractivity contribution in [2.45, 2.75) is 11.8 Å². The number of aryl methyl sites for hydroxylation is 1. The number of halogens is 1. The summed E-state index contributed by atoms with van der Waals surface area (Å²) < 4.78 is 0.957. The van der Waals surface area contributed by atoms with Gasteiger partial charge in [0.1, 0.15) is 6.07 Å². The first-order valence-electron chi connectivity index (χ1n) is 3.04. The molecular formula is C8H6BrNS. The van der Waals surface area contributed by atoms with E-state index in [1.54, 1.807) is 0 Å². The highest BCUT2D eigenvalue weighted by Crippen LogP contribution is 2.22. The van der Waals surface area contributed by atoms with E-state index in [2.05, 4.69) is 34.6 Å². The molecule has 0 spiro atoms. The third-order valence-electron chi connectivity index (χ3n) is 1.39. The van der Waals surface area contributed by atoms with Crippen LogP contribution in [0.4, 0.5) is 0 Å². The zero-order valence-electron chi connectivity index (χ0n) is 5.93. The highest BCUT2D eigenvalue weighted by molar-refractivity contribution is 9.10. The van der Waals surface area contributed by atoms with E-state index in [4.69, 9.17) is 5.26 Å². The van der Waals surface area contributed by atoms with E-state index in [1.165, 1.54) is 0 Å². The Kier molecular flexibility index (Phi) is 2.58. The first kappa shape index (κ1) is 8.63. The molecule has 0 heterocycles. The molecule has 0 saturated heterocycles. The molecule has 1 rings (SSSR count). The molecule has 11 heavy (non-hydrogen) atoms. The maximum atomic E-state index is 8.68. The smallest absolute Gasteiger partial charge is 0.101 e. The number of rotatable bonds is 0. The fourth-order valence-electron chi connectivity index (χ4n) is 0.871. The van der Waals surface area contributed by atoms with Crippen LogP contribution in [-0.2, 0) is 0 Å². The Hall–Kier alpha value is -0.460. The third kappa shape index (κ3) is 1.76. The molecule has 0 N–H and O–H groups in total. The van der Waals surface area contributed by atoms with Gasteiger partial charge >= 0.3 is 0 Å². The van der Waals surface area contributed by atoms with Crippen molar-refractivity contribution < 1.29 is 0 Å². The molecule has 0 bridgehead atoms. The van der Waals surface area contributed by atoms with E-state index < -0.39 is 0 Å². The number of hydrogen-bond acceptors (Lipinski definition) is 2. The summed E-state index contributed by atoms with van der Waals surface area (Å²) in [5, 5.41) is 8.68. The standard InChI is InChI=1S/C8H6BrNS/c1-5-2-6(9)3-8(11)7(5)4-10/h2-3,11H,1H3. The van der Waals surface area contributed by atoms with Crippen LogP contribution in [0.1, 0.15) is 11.1 Å². The lowest BCUT2D eigenvalue weighted by Gasteiger charge is -2.00. The van der Waals surface area contributed by atoms with Crippen LogP contribution in [-0.4, -0.2) is 0 Å². The molecule has 0 aliphatic heterocycles. The number of thiol groups is 1. The third-order valence-corrected chi connectivity index (χ3v) is 2.20. The van der Waals surface area contributed by atoms with Crippen LogP contribution in [0.15, 0.2) is 21.5 Å². The van der Waals surface area contributed by atoms with Crippen LogP contribution in [0.5, 0.6) is 0 Å². The van der Waals surface area contributed by atoms with Crippen molar-refractivity contribution in [3.8, 4) is 6.07 Å². The summed E-state index contributed by atoms with van der Waals surface area (Å²) in [5.41, 5.74) is 1.60. The molecule has 0 amide bonds. The minimum Gasteiger partial charge on any atom is -0.192 e. The fraction of sp³-hybridized carbons (Fsp3) is 0.125. The Morgan fingerprint density at radius 3 is 2.64 bits per heavy atom. The molecule has 1 nitrogen and oxygen atoms in total. The van der Waals surface area contributed by atoms with E-state index in [1.807, 2.05) is 19.1 Å². The van der Waals surface area contributed by atoms with Gasteiger partial charge in [-0.05, 0) is 24.6 Å². The summed E-state index contributed by atoms with van der Waals surface area (Å²) in [6.07, 6.45) is 0. The van der Waals surface area contributed by atoms with Gasteiger partial charge in [-0.2, -0.15) is 5.26 Å². The van der Waals surface area contributed by atoms with Crippen LogP contribution in [0.2, 0.25) is 0 Å². The number of nitrogens with zero attached hydrogens (tertiary/aromatic N) is 1. The molecule has 0 aliphatic carbocycles. The van der Waals surface area contributed by atoms with Gasteiger partial charge in [0.25, 0.3) is 0 Å². The van der Waals surface area contributed by atoms with Crippen LogP contribution in [0, 0.1) is 18.3 Å². The largest absolute Gasteiger partial charge is 0.192 e. The lowest BCUT2D eigenvalue weighted by molar-refractivity contribution is 1.28. The van der Waals surface area contributed by atoms with Gasteiger partial charge in [0, 0.05) is 9.37 Å². The average Bonchev–Trinajstić information content (AvgIpc) is 1.85. The Balaban J connectivity index is 3.40. The quantitative estimate of drug-likeness (QED) is 0.678. The SMILES string of the molecule is Cc1cc(Br)cc(S)c1C#N. The molecule has 1 aromatic rings. The second kappa shape index (κ2) is 3.29. The van der Waals surface area contributed by atoms with E-state index >= 15 is 0 Å².